The number of benzene rings is 2. The molecule has 0 saturated carbocycles. The Kier molecular flexibility index (Phi) is 6.79. The number of methoxy groups -OCH3 is 1. The molecule has 2 aromatic rings. The normalized spacial score (nSPS) is 16.6. The van der Waals surface area contributed by atoms with Crippen LogP contribution >= 0.6 is 50.9 Å². The molecule has 0 radical (unpaired) electrons. The number of anilines is 1. The van der Waals surface area contributed by atoms with Crippen molar-refractivity contribution in [3.63, 3.8) is 0 Å². The molecule has 0 bridgehead atoms. The lowest BCUT2D eigenvalue weighted by Crippen LogP contribution is -2.30. The van der Waals surface area contributed by atoms with Crippen LogP contribution in [0.25, 0.3) is 0 Å². The Balaban J connectivity index is 2.09. The molecule has 1 heterocycles. The second-order valence-corrected chi connectivity index (χ2v) is 8.26. The van der Waals surface area contributed by atoms with E-state index in [1.54, 1.807) is 30.3 Å². The second-order valence-electron chi connectivity index (χ2n) is 5.55. The number of carbonyl (C=O) groups excluding carboxylic acids is 3. The molecule has 2 amide bonds. The van der Waals surface area contributed by atoms with Gasteiger partial charge in [0.25, 0.3) is 11.8 Å². The van der Waals surface area contributed by atoms with Crippen molar-refractivity contribution in [3.8, 4) is 0 Å². The molecule has 0 aromatic heterocycles. The van der Waals surface area contributed by atoms with Crippen molar-refractivity contribution in [1.82, 2.24) is 0 Å². The summed E-state index contributed by atoms with van der Waals surface area (Å²) < 4.78 is 5.15. The number of aliphatic imine (C=N–C) groups is 1. The minimum Gasteiger partial charge on any atom is -0.466 e. The van der Waals surface area contributed by atoms with Gasteiger partial charge in [-0.05, 0) is 58.0 Å². The lowest BCUT2D eigenvalue weighted by molar-refractivity contribution is -0.135. The molecule has 0 aliphatic carbocycles. The highest BCUT2D eigenvalue weighted by molar-refractivity contribution is 9.10. The number of rotatable bonds is 3. The number of carbonyl (C=O) groups is 3. The van der Waals surface area contributed by atoms with E-state index in [4.69, 9.17) is 23.2 Å². The zero-order valence-electron chi connectivity index (χ0n) is 14.7. The largest absolute Gasteiger partial charge is 0.466 e. The molecule has 148 valence electrons. The molecule has 1 aliphatic rings. The van der Waals surface area contributed by atoms with Crippen LogP contribution < -0.4 is 4.90 Å². The summed E-state index contributed by atoms with van der Waals surface area (Å²) in [6.45, 7) is 0. The molecule has 10 heteroatoms. The van der Waals surface area contributed by atoms with Crippen molar-refractivity contribution >= 4 is 79.5 Å². The van der Waals surface area contributed by atoms with Gasteiger partial charge in [-0.2, -0.15) is 4.99 Å². The quantitative estimate of drug-likeness (QED) is 0.422. The van der Waals surface area contributed by atoms with Crippen molar-refractivity contribution in [2.75, 3.05) is 12.0 Å². The van der Waals surface area contributed by atoms with Crippen LogP contribution in [-0.2, 0) is 14.3 Å². The van der Waals surface area contributed by atoms with E-state index < -0.39 is 17.8 Å². The standard InChI is InChI=1S/C19H11BrCl2N2O4S/c1-28-16(25)9-15-18(27)24(14-7-6-10(21)8-13(14)22)19(29-15)23-17(26)11-4-2-3-5-12(11)20/h2-9H,1H3/b15-9-,23-19?. The van der Waals surface area contributed by atoms with Gasteiger partial charge in [0.15, 0.2) is 5.17 Å². The number of nitrogens with zero attached hydrogens (tertiary/aromatic N) is 2. The molecule has 29 heavy (non-hydrogen) atoms. The van der Waals surface area contributed by atoms with E-state index in [9.17, 15) is 14.4 Å². The summed E-state index contributed by atoms with van der Waals surface area (Å²) in [6.07, 6.45) is 1.04. The van der Waals surface area contributed by atoms with Gasteiger partial charge in [0.1, 0.15) is 0 Å². The number of ether oxygens (including phenoxy) is 1. The Labute approximate surface area is 188 Å². The van der Waals surface area contributed by atoms with Crippen LogP contribution in [0.4, 0.5) is 5.69 Å². The molecule has 3 rings (SSSR count). The van der Waals surface area contributed by atoms with Gasteiger partial charge in [-0.25, -0.2) is 4.79 Å². The Morgan fingerprint density at radius 2 is 1.93 bits per heavy atom. The van der Waals surface area contributed by atoms with Crippen LogP contribution in [0, 0.1) is 0 Å². The number of thioether (sulfide) groups is 1. The zero-order valence-corrected chi connectivity index (χ0v) is 18.6. The summed E-state index contributed by atoms with van der Waals surface area (Å²) in [5.41, 5.74) is 0.598. The lowest BCUT2D eigenvalue weighted by Gasteiger charge is -2.17. The molecule has 0 atom stereocenters. The molecule has 1 saturated heterocycles. The van der Waals surface area contributed by atoms with Crippen molar-refractivity contribution in [1.29, 1.82) is 0 Å². The van der Waals surface area contributed by atoms with Crippen LogP contribution in [-0.4, -0.2) is 30.1 Å². The fourth-order valence-electron chi connectivity index (χ4n) is 2.37. The van der Waals surface area contributed by atoms with Gasteiger partial charge in [-0.3, -0.25) is 14.5 Å². The van der Waals surface area contributed by atoms with Crippen LogP contribution in [0.5, 0.6) is 0 Å². The van der Waals surface area contributed by atoms with Gasteiger partial charge >= 0.3 is 5.97 Å². The van der Waals surface area contributed by atoms with Crippen molar-refractivity contribution in [2.45, 2.75) is 0 Å². The van der Waals surface area contributed by atoms with Gasteiger partial charge in [-0.1, -0.05) is 35.3 Å². The average Bonchev–Trinajstić information content (AvgIpc) is 2.97. The van der Waals surface area contributed by atoms with Crippen LogP contribution in [0.3, 0.4) is 0 Å². The minimum atomic E-state index is -0.707. The summed E-state index contributed by atoms with van der Waals surface area (Å²) in [6, 6.07) is 11.3. The number of amidine groups is 1. The maximum atomic E-state index is 12.9. The van der Waals surface area contributed by atoms with Crippen LogP contribution in [0.2, 0.25) is 10.0 Å². The third-order valence-electron chi connectivity index (χ3n) is 3.71. The van der Waals surface area contributed by atoms with Crippen molar-refractivity contribution in [3.05, 3.63) is 73.5 Å². The van der Waals surface area contributed by atoms with E-state index in [0.717, 1.165) is 22.7 Å². The highest BCUT2D eigenvalue weighted by Gasteiger charge is 2.37. The van der Waals surface area contributed by atoms with Gasteiger partial charge in [0, 0.05) is 15.6 Å². The maximum Gasteiger partial charge on any atom is 0.331 e. The van der Waals surface area contributed by atoms with Crippen LogP contribution in [0.1, 0.15) is 10.4 Å². The highest BCUT2D eigenvalue weighted by atomic mass is 79.9. The summed E-state index contributed by atoms with van der Waals surface area (Å²) in [5.74, 6) is -1.84. The van der Waals surface area contributed by atoms with Gasteiger partial charge in [0.2, 0.25) is 0 Å². The molecule has 2 aromatic carbocycles. The fraction of sp³-hybridized carbons (Fsp3) is 0.0526. The smallest absolute Gasteiger partial charge is 0.331 e. The van der Waals surface area contributed by atoms with Crippen molar-refractivity contribution < 1.29 is 19.1 Å². The molecule has 0 spiro atoms. The molecular formula is C19H11BrCl2N2O4S. The number of esters is 1. The molecule has 0 unspecified atom stereocenters. The summed E-state index contributed by atoms with van der Waals surface area (Å²) >= 11 is 16.4. The third kappa shape index (κ3) is 4.72. The van der Waals surface area contributed by atoms with E-state index in [1.165, 1.54) is 19.2 Å². The Morgan fingerprint density at radius 1 is 1.21 bits per heavy atom. The Morgan fingerprint density at radius 3 is 2.59 bits per heavy atom. The first kappa shape index (κ1) is 21.6. The highest BCUT2D eigenvalue weighted by Crippen LogP contribution is 2.39. The maximum absolute atomic E-state index is 12.9. The molecule has 1 fully saturated rings. The van der Waals surface area contributed by atoms with E-state index in [0.29, 0.717) is 15.1 Å². The molecule has 1 aliphatic heterocycles. The zero-order chi connectivity index (χ0) is 21.1. The number of hydrogen-bond acceptors (Lipinski definition) is 5. The number of amides is 2. The summed E-state index contributed by atoms with van der Waals surface area (Å²) in [4.78, 5) is 42.5. The first-order valence-corrected chi connectivity index (χ1v) is 10.3. The van der Waals surface area contributed by atoms with E-state index in [2.05, 4.69) is 25.7 Å². The molecular weight excluding hydrogens is 503 g/mol. The van der Waals surface area contributed by atoms with E-state index in [-0.39, 0.29) is 20.8 Å². The Hall–Kier alpha value is -2.13. The average molecular weight is 514 g/mol. The molecule has 6 nitrogen and oxygen atoms in total. The van der Waals surface area contributed by atoms with Gasteiger partial charge in [-0.15, -0.1) is 0 Å². The monoisotopic (exact) mass is 512 g/mol. The van der Waals surface area contributed by atoms with Gasteiger partial charge in [0.05, 0.1) is 28.3 Å². The minimum absolute atomic E-state index is 0.0431. The van der Waals surface area contributed by atoms with Crippen LogP contribution in [0.15, 0.2) is 62.9 Å². The van der Waals surface area contributed by atoms with E-state index >= 15 is 0 Å². The van der Waals surface area contributed by atoms with Gasteiger partial charge < -0.3 is 4.74 Å². The first-order valence-electron chi connectivity index (χ1n) is 7.96. The number of hydrogen-bond donors (Lipinski definition) is 0. The second kappa shape index (κ2) is 9.13. The fourth-order valence-corrected chi connectivity index (χ4v) is 4.25. The Bertz CT molecular complexity index is 1090. The first-order chi connectivity index (χ1) is 13.8. The van der Waals surface area contributed by atoms with E-state index in [1.807, 2.05) is 0 Å². The number of halogens is 3. The third-order valence-corrected chi connectivity index (χ3v) is 5.91. The SMILES string of the molecule is COC(=O)/C=C1\SC(=NC(=O)c2ccccc2Br)N(c2ccc(Cl)cc2Cl)C1=O. The van der Waals surface area contributed by atoms with Crippen molar-refractivity contribution in [2.24, 2.45) is 4.99 Å². The lowest BCUT2D eigenvalue weighted by atomic mass is 10.2. The summed E-state index contributed by atoms with van der Waals surface area (Å²) in [7, 11) is 1.20. The topological polar surface area (TPSA) is 76.0 Å². The predicted octanol–water partition coefficient (Wildman–Crippen LogP) is 5.09. The molecule has 0 N–H and O–H groups in total. The summed E-state index contributed by atoms with van der Waals surface area (Å²) in [5, 5.41) is 0.619. The predicted molar refractivity (Wildman–Crippen MR) is 118 cm³/mol.